The number of carbonyl (C=O) groups excluding carboxylic acids is 2. The lowest BCUT2D eigenvalue weighted by Crippen LogP contribution is -2.48. The predicted octanol–water partition coefficient (Wildman–Crippen LogP) is 6.18. The number of rotatable bonds is 10. The second-order valence-corrected chi connectivity index (χ2v) is 12.5. The van der Waals surface area contributed by atoms with E-state index in [9.17, 15) is 14.9 Å². The van der Waals surface area contributed by atoms with E-state index in [1.54, 1.807) is 12.3 Å². The Labute approximate surface area is 259 Å². The molecule has 8 heteroatoms. The average Bonchev–Trinajstić information content (AvgIpc) is 3.02. The number of nitriles is 1. The zero-order chi connectivity index (χ0) is 31.1. The van der Waals surface area contributed by atoms with Crippen LogP contribution in [0.4, 0.5) is 5.69 Å². The summed E-state index contributed by atoms with van der Waals surface area (Å²) in [5.74, 6) is -0.0584. The average molecular weight is 592 g/mol. The van der Waals surface area contributed by atoms with Crippen molar-refractivity contribution in [2.45, 2.75) is 52.1 Å². The molecular weight excluding hydrogens is 550 g/mol. The maximum atomic E-state index is 13.3. The van der Waals surface area contributed by atoms with Crippen LogP contribution in [0, 0.1) is 11.3 Å². The van der Waals surface area contributed by atoms with Crippen LogP contribution in [-0.4, -0.2) is 71.5 Å². The molecule has 1 aliphatic heterocycles. The molecule has 3 aromatic carbocycles. The number of unbranched alkanes of at least 4 members (excludes halogenated alkanes) is 1. The van der Waals surface area contributed by atoms with E-state index in [1.807, 2.05) is 62.1 Å². The summed E-state index contributed by atoms with van der Waals surface area (Å²) in [5.41, 5.74) is 3.94. The van der Waals surface area contributed by atoms with Crippen molar-refractivity contribution in [1.29, 1.82) is 5.26 Å². The van der Waals surface area contributed by atoms with E-state index in [0.29, 0.717) is 25.1 Å². The minimum atomic E-state index is -0.435. The fraction of sp³-hybridized carbons (Fsp3) is 0.389. The van der Waals surface area contributed by atoms with Gasteiger partial charge in [0.2, 0.25) is 0 Å². The van der Waals surface area contributed by atoms with Crippen LogP contribution in [0.1, 0.15) is 61.5 Å². The lowest BCUT2D eigenvalue weighted by Gasteiger charge is -2.34. The molecule has 1 saturated heterocycles. The second-order valence-electron chi connectivity index (χ2n) is 12.5. The molecule has 1 fully saturated rings. The summed E-state index contributed by atoms with van der Waals surface area (Å²) < 4.78 is 5.38. The molecule has 8 nitrogen and oxygen atoms in total. The molecule has 0 saturated carbocycles. The molecule has 1 N–H and O–H groups in total. The first-order chi connectivity index (χ1) is 21.2. The van der Waals surface area contributed by atoms with Gasteiger partial charge >= 0.3 is 5.97 Å². The Balaban J connectivity index is 1.09. The number of benzene rings is 3. The molecular formula is C36H41N5O3. The summed E-state index contributed by atoms with van der Waals surface area (Å²) in [4.78, 5) is 33.9. The van der Waals surface area contributed by atoms with Crippen molar-refractivity contribution in [3.63, 3.8) is 0 Å². The van der Waals surface area contributed by atoms with Gasteiger partial charge in [0.1, 0.15) is 5.60 Å². The summed E-state index contributed by atoms with van der Waals surface area (Å²) in [6.07, 6.45) is 4.82. The number of anilines is 1. The van der Waals surface area contributed by atoms with Crippen LogP contribution in [0.25, 0.3) is 21.7 Å². The number of fused-ring (bicyclic) bond motifs is 2. The molecule has 4 aromatic rings. The Kier molecular flexibility index (Phi) is 9.76. The van der Waals surface area contributed by atoms with Crippen molar-refractivity contribution < 1.29 is 14.3 Å². The van der Waals surface area contributed by atoms with Gasteiger partial charge in [-0.25, -0.2) is 0 Å². The molecule has 0 radical (unpaired) electrons. The van der Waals surface area contributed by atoms with E-state index in [1.165, 1.54) is 5.56 Å². The maximum Gasteiger partial charge on any atom is 0.306 e. The Morgan fingerprint density at radius 2 is 1.73 bits per heavy atom. The normalized spacial score (nSPS) is 14.0. The Morgan fingerprint density at radius 1 is 0.955 bits per heavy atom. The van der Waals surface area contributed by atoms with Gasteiger partial charge in [0.15, 0.2) is 0 Å². The number of piperazine rings is 1. The fourth-order valence-corrected chi connectivity index (χ4v) is 5.65. The van der Waals surface area contributed by atoms with Crippen molar-refractivity contribution in [1.82, 2.24) is 14.8 Å². The number of ether oxygens (including phenoxy) is 1. The number of aromatic nitrogens is 1. The Bertz CT molecular complexity index is 1680. The van der Waals surface area contributed by atoms with Crippen LogP contribution in [0.5, 0.6) is 0 Å². The van der Waals surface area contributed by atoms with Crippen LogP contribution in [-0.2, 0) is 16.0 Å². The van der Waals surface area contributed by atoms with E-state index >= 15 is 0 Å². The standard InChI is InChI=1S/C36H41N5O3/c1-36(2,3)44-34(42)6-4-5-17-40-18-20-41(21-19-40)35(43)30-11-10-28-22-26(7-9-29(28)24-30)13-15-38-33-14-16-39-32-12-8-27(25-37)23-31(32)33/h7-12,14,16,22-24H,4-6,13,15,17-21H2,1-3H3,(H,38,39). The van der Waals surface area contributed by atoms with E-state index in [-0.39, 0.29) is 11.9 Å². The third-order valence-corrected chi connectivity index (χ3v) is 7.94. The largest absolute Gasteiger partial charge is 0.460 e. The van der Waals surface area contributed by atoms with E-state index in [0.717, 1.165) is 78.4 Å². The lowest BCUT2D eigenvalue weighted by atomic mass is 10.0. The highest BCUT2D eigenvalue weighted by Crippen LogP contribution is 2.24. The first kappa shape index (κ1) is 31.0. The SMILES string of the molecule is CC(C)(C)OC(=O)CCCCN1CCN(C(=O)c2ccc3cc(CCNc4ccnc5ccc(C#N)cc45)ccc3c2)CC1. The van der Waals surface area contributed by atoms with Gasteiger partial charge in [-0.3, -0.25) is 19.5 Å². The van der Waals surface area contributed by atoms with Gasteiger partial charge in [0.25, 0.3) is 5.91 Å². The van der Waals surface area contributed by atoms with Crippen molar-refractivity contribution in [2.24, 2.45) is 0 Å². The van der Waals surface area contributed by atoms with Gasteiger partial charge in [-0.2, -0.15) is 5.26 Å². The lowest BCUT2D eigenvalue weighted by molar-refractivity contribution is -0.154. The zero-order valence-electron chi connectivity index (χ0n) is 25.9. The van der Waals surface area contributed by atoms with Gasteiger partial charge in [0, 0.05) is 62.0 Å². The summed E-state index contributed by atoms with van der Waals surface area (Å²) in [7, 11) is 0. The monoisotopic (exact) mass is 591 g/mol. The molecule has 5 rings (SSSR count). The smallest absolute Gasteiger partial charge is 0.306 e. The maximum absolute atomic E-state index is 13.3. The van der Waals surface area contributed by atoms with Gasteiger partial charge in [-0.05, 0) is 99.3 Å². The summed E-state index contributed by atoms with van der Waals surface area (Å²) in [5, 5.41) is 15.9. The molecule has 2 heterocycles. The third-order valence-electron chi connectivity index (χ3n) is 7.94. The number of nitrogens with one attached hydrogen (secondary N) is 1. The van der Waals surface area contributed by atoms with Gasteiger partial charge in [0.05, 0.1) is 17.1 Å². The predicted molar refractivity (Wildman–Crippen MR) is 175 cm³/mol. The minimum Gasteiger partial charge on any atom is -0.460 e. The van der Waals surface area contributed by atoms with Crippen molar-refractivity contribution >= 4 is 39.2 Å². The number of carbonyl (C=O) groups is 2. The van der Waals surface area contributed by atoms with Crippen molar-refractivity contribution in [3.8, 4) is 6.07 Å². The number of hydrogen-bond acceptors (Lipinski definition) is 7. The fourth-order valence-electron chi connectivity index (χ4n) is 5.65. The van der Waals surface area contributed by atoms with Gasteiger partial charge in [-0.15, -0.1) is 0 Å². The molecule has 44 heavy (non-hydrogen) atoms. The molecule has 0 atom stereocenters. The zero-order valence-corrected chi connectivity index (χ0v) is 25.9. The van der Waals surface area contributed by atoms with Gasteiger partial charge < -0.3 is 15.0 Å². The molecule has 1 aliphatic rings. The first-order valence-corrected chi connectivity index (χ1v) is 15.5. The molecule has 1 aromatic heterocycles. The highest BCUT2D eigenvalue weighted by atomic mass is 16.6. The van der Waals surface area contributed by atoms with Crippen molar-refractivity contribution in [2.75, 3.05) is 44.6 Å². The quantitative estimate of drug-likeness (QED) is 0.174. The Morgan fingerprint density at radius 3 is 2.50 bits per heavy atom. The van der Waals surface area contributed by atoms with E-state index < -0.39 is 5.60 Å². The van der Waals surface area contributed by atoms with Crippen LogP contribution in [0.15, 0.2) is 66.9 Å². The van der Waals surface area contributed by atoms with E-state index in [2.05, 4.69) is 39.5 Å². The molecule has 0 bridgehead atoms. The highest BCUT2D eigenvalue weighted by molar-refractivity contribution is 5.99. The number of esters is 1. The number of nitrogens with zero attached hydrogens (tertiary/aromatic N) is 4. The minimum absolute atomic E-state index is 0.0777. The van der Waals surface area contributed by atoms with Crippen molar-refractivity contribution in [3.05, 3.63) is 83.6 Å². The van der Waals surface area contributed by atoms with E-state index in [4.69, 9.17) is 4.74 Å². The van der Waals surface area contributed by atoms with Gasteiger partial charge in [-0.1, -0.05) is 24.3 Å². The van der Waals surface area contributed by atoms with Crippen LogP contribution in [0.3, 0.4) is 0 Å². The van der Waals surface area contributed by atoms with Crippen LogP contribution >= 0.6 is 0 Å². The summed E-state index contributed by atoms with van der Waals surface area (Å²) >= 11 is 0. The molecule has 0 aliphatic carbocycles. The number of hydrogen-bond donors (Lipinski definition) is 1. The van der Waals surface area contributed by atoms with Crippen LogP contribution < -0.4 is 5.32 Å². The second kappa shape index (κ2) is 13.9. The first-order valence-electron chi connectivity index (χ1n) is 15.5. The molecule has 1 amide bonds. The molecule has 0 spiro atoms. The highest BCUT2D eigenvalue weighted by Gasteiger charge is 2.22. The third kappa shape index (κ3) is 8.12. The number of pyridine rings is 1. The molecule has 0 unspecified atom stereocenters. The van der Waals surface area contributed by atoms with Crippen LogP contribution in [0.2, 0.25) is 0 Å². The summed E-state index contributed by atoms with van der Waals surface area (Å²) in [6, 6.07) is 22.1. The Hall–Kier alpha value is -4.48. The number of amides is 1. The topological polar surface area (TPSA) is 98.6 Å². The molecule has 228 valence electrons. The summed E-state index contributed by atoms with van der Waals surface area (Å²) in [6.45, 7) is 10.4.